The molecule has 0 heterocycles. The van der Waals surface area contributed by atoms with Gasteiger partial charge in [-0.25, -0.2) is 0 Å². The molecule has 5 nitrogen and oxygen atoms in total. The van der Waals surface area contributed by atoms with Crippen LogP contribution in [0.15, 0.2) is 18.2 Å². The zero-order valence-electron chi connectivity index (χ0n) is 13.7. The van der Waals surface area contributed by atoms with Crippen LogP contribution < -0.4 is 15.4 Å². The minimum atomic E-state index is -0.191. The molecule has 0 atom stereocenters. The van der Waals surface area contributed by atoms with E-state index < -0.39 is 0 Å². The lowest BCUT2D eigenvalue weighted by molar-refractivity contribution is -0.124. The molecule has 0 saturated heterocycles. The maximum Gasteiger partial charge on any atom is 0.258 e. The number of aryl methyl sites for hydroxylation is 1. The molecule has 0 fully saturated rings. The summed E-state index contributed by atoms with van der Waals surface area (Å²) in [7, 11) is 0. The topological polar surface area (TPSA) is 67.4 Å². The van der Waals surface area contributed by atoms with E-state index in [9.17, 15) is 9.59 Å². The highest BCUT2D eigenvalue weighted by Gasteiger charge is 2.06. The molecule has 1 rings (SSSR count). The summed E-state index contributed by atoms with van der Waals surface area (Å²) in [6.07, 6.45) is 2.43. The number of ether oxygens (including phenoxy) is 1. The molecule has 1 aromatic carbocycles. The average Bonchev–Trinajstić information content (AvgIpc) is 2.51. The average molecular weight is 306 g/mol. The van der Waals surface area contributed by atoms with E-state index in [0.29, 0.717) is 19.5 Å². The highest BCUT2D eigenvalue weighted by atomic mass is 16.5. The van der Waals surface area contributed by atoms with E-state index in [-0.39, 0.29) is 18.4 Å². The van der Waals surface area contributed by atoms with E-state index in [1.165, 1.54) is 0 Å². The molecule has 0 radical (unpaired) electrons. The zero-order chi connectivity index (χ0) is 16.4. The maximum absolute atomic E-state index is 11.7. The van der Waals surface area contributed by atoms with Crippen LogP contribution in [0.4, 0.5) is 0 Å². The molecule has 2 N–H and O–H groups in total. The van der Waals surface area contributed by atoms with Crippen molar-refractivity contribution in [2.24, 2.45) is 0 Å². The first-order valence-electron chi connectivity index (χ1n) is 7.77. The SMILES string of the molecule is CCCCC(=O)NCCNC(=O)COc1cccc(C)c1C. The van der Waals surface area contributed by atoms with Gasteiger partial charge < -0.3 is 15.4 Å². The Balaban J connectivity index is 2.19. The van der Waals surface area contributed by atoms with Crippen LogP contribution >= 0.6 is 0 Å². The summed E-state index contributed by atoms with van der Waals surface area (Å²) in [5.74, 6) is 0.564. The van der Waals surface area contributed by atoms with Crippen molar-refractivity contribution in [2.75, 3.05) is 19.7 Å². The predicted octanol–water partition coefficient (Wildman–Crippen LogP) is 2.10. The number of hydrogen-bond donors (Lipinski definition) is 2. The molecule has 0 aliphatic carbocycles. The van der Waals surface area contributed by atoms with Crippen LogP contribution in [0.25, 0.3) is 0 Å². The van der Waals surface area contributed by atoms with E-state index in [4.69, 9.17) is 4.74 Å². The molecule has 2 amide bonds. The number of rotatable bonds is 9. The second-order valence-electron chi connectivity index (χ2n) is 5.29. The molecular formula is C17H26N2O3. The Morgan fingerprint density at radius 1 is 1.09 bits per heavy atom. The van der Waals surface area contributed by atoms with Crippen molar-refractivity contribution in [3.05, 3.63) is 29.3 Å². The van der Waals surface area contributed by atoms with Gasteiger partial charge in [-0.05, 0) is 37.5 Å². The van der Waals surface area contributed by atoms with Crippen LogP contribution in [0.1, 0.15) is 37.3 Å². The summed E-state index contributed by atoms with van der Waals surface area (Å²) >= 11 is 0. The first-order chi connectivity index (χ1) is 10.5. The third-order valence-electron chi connectivity index (χ3n) is 3.44. The van der Waals surface area contributed by atoms with Crippen molar-refractivity contribution >= 4 is 11.8 Å². The lowest BCUT2D eigenvalue weighted by atomic mass is 10.1. The Morgan fingerprint density at radius 2 is 1.77 bits per heavy atom. The Bertz CT molecular complexity index is 501. The molecule has 5 heteroatoms. The third-order valence-corrected chi connectivity index (χ3v) is 3.44. The Kier molecular flexibility index (Phi) is 8.04. The predicted molar refractivity (Wildman–Crippen MR) is 87.0 cm³/mol. The molecule has 22 heavy (non-hydrogen) atoms. The fraction of sp³-hybridized carbons (Fsp3) is 0.529. The number of benzene rings is 1. The minimum absolute atomic E-state index is 0.0198. The van der Waals surface area contributed by atoms with Gasteiger partial charge in [-0.1, -0.05) is 25.5 Å². The lowest BCUT2D eigenvalue weighted by Gasteiger charge is -2.11. The maximum atomic E-state index is 11.7. The molecule has 0 saturated carbocycles. The summed E-state index contributed by atoms with van der Waals surface area (Å²) in [6.45, 7) is 6.85. The number of amides is 2. The van der Waals surface area contributed by atoms with Crippen molar-refractivity contribution in [3.8, 4) is 5.75 Å². The van der Waals surface area contributed by atoms with Gasteiger partial charge >= 0.3 is 0 Å². The third kappa shape index (κ3) is 6.61. The first-order valence-corrected chi connectivity index (χ1v) is 7.77. The number of nitrogens with one attached hydrogen (secondary N) is 2. The van der Waals surface area contributed by atoms with Gasteiger partial charge in [0.2, 0.25) is 5.91 Å². The molecular weight excluding hydrogens is 280 g/mol. The fourth-order valence-corrected chi connectivity index (χ4v) is 1.90. The van der Waals surface area contributed by atoms with E-state index in [1.54, 1.807) is 0 Å². The Hall–Kier alpha value is -2.04. The van der Waals surface area contributed by atoms with Gasteiger partial charge in [-0.3, -0.25) is 9.59 Å². The van der Waals surface area contributed by atoms with Crippen molar-refractivity contribution < 1.29 is 14.3 Å². The molecule has 0 aliphatic rings. The van der Waals surface area contributed by atoms with Crippen molar-refractivity contribution in [2.45, 2.75) is 40.0 Å². The van der Waals surface area contributed by atoms with Crippen LogP contribution in [-0.2, 0) is 9.59 Å². The lowest BCUT2D eigenvalue weighted by Crippen LogP contribution is -2.36. The molecule has 0 bridgehead atoms. The van der Waals surface area contributed by atoms with Crippen LogP contribution in [-0.4, -0.2) is 31.5 Å². The number of hydrogen-bond acceptors (Lipinski definition) is 3. The van der Waals surface area contributed by atoms with E-state index in [2.05, 4.69) is 10.6 Å². The molecule has 0 aromatic heterocycles. The summed E-state index contributed by atoms with van der Waals surface area (Å²) in [4.78, 5) is 23.1. The fourth-order valence-electron chi connectivity index (χ4n) is 1.90. The Labute approximate surface area is 132 Å². The van der Waals surface area contributed by atoms with E-state index in [1.807, 2.05) is 39.0 Å². The first kappa shape index (κ1) is 18.0. The quantitative estimate of drug-likeness (QED) is 0.687. The molecule has 0 spiro atoms. The second kappa shape index (κ2) is 9.82. The van der Waals surface area contributed by atoms with Crippen molar-refractivity contribution in [1.82, 2.24) is 10.6 Å². The summed E-state index contributed by atoms with van der Waals surface area (Å²) in [5, 5.41) is 5.49. The smallest absolute Gasteiger partial charge is 0.258 e. The van der Waals surface area contributed by atoms with Gasteiger partial charge in [0.1, 0.15) is 5.75 Å². The second-order valence-corrected chi connectivity index (χ2v) is 5.29. The standard InChI is InChI=1S/C17H26N2O3/c1-4-5-9-16(20)18-10-11-19-17(21)12-22-15-8-6-7-13(2)14(15)3/h6-8H,4-5,9-12H2,1-3H3,(H,18,20)(H,19,21). The van der Waals surface area contributed by atoms with E-state index >= 15 is 0 Å². The molecule has 0 unspecified atom stereocenters. The number of unbranched alkanes of at least 4 members (excludes halogenated alkanes) is 1. The highest BCUT2D eigenvalue weighted by Crippen LogP contribution is 2.20. The number of carbonyl (C=O) groups excluding carboxylic acids is 2. The molecule has 0 aliphatic heterocycles. The van der Waals surface area contributed by atoms with Gasteiger partial charge in [-0.2, -0.15) is 0 Å². The van der Waals surface area contributed by atoms with Gasteiger partial charge in [0.25, 0.3) is 5.91 Å². The summed E-state index contributed by atoms with van der Waals surface area (Å²) < 4.78 is 5.51. The van der Waals surface area contributed by atoms with Crippen molar-refractivity contribution in [1.29, 1.82) is 0 Å². The monoisotopic (exact) mass is 306 g/mol. The summed E-state index contributed by atoms with van der Waals surface area (Å²) in [5.41, 5.74) is 2.17. The minimum Gasteiger partial charge on any atom is -0.483 e. The Morgan fingerprint density at radius 3 is 2.45 bits per heavy atom. The number of carbonyl (C=O) groups is 2. The van der Waals surface area contributed by atoms with Gasteiger partial charge in [0.15, 0.2) is 6.61 Å². The van der Waals surface area contributed by atoms with Crippen LogP contribution in [0.2, 0.25) is 0 Å². The van der Waals surface area contributed by atoms with Gasteiger partial charge in [-0.15, -0.1) is 0 Å². The van der Waals surface area contributed by atoms with Crippen molar-refractivity contribution in [3.63, 3.8) is 0 Å². The largest absolute Gasteiger partial charge is 0.483 e. The van der Waals surface area contributed by atoms with Crippen LogP contribution in [0.5, 0.6) is 5.75 Å². The van der Waals surface area contributed by atoms with Crippen LogP contribution in [0, 0.1) is 13.8 Å². The normalized spacial score (nSPS) is 10.1. The van der Waals surface area contributed by atoms with Gasteiger partial charge in [0, 0.05) is 19.5 Å². The molecule has 122 valence electrons. The van der Waals surface area contributed by atoms with Gasteiger partial charge in [0.05, 0.1) is 0 Å². The van der Waals surface area contributed by atoms with E-state index in [0.717, 1.165) is 29.7 Å². The zero-order valence-corrected chi connectivity index (χ0v) is 13.7. The summed E-state index contributed by atoms with van der Waals surface area (Å²) in [6, 6.07) is 5.76. The van der Waals surface area contributed by atoms with Crippen LogP contribution in [0.3, 0.4) is 0 Å². The molecule has 1 aromatic rings. The highest BCUT2D eigenvalue weighted by molar-refractivity contribution is 5.78.